The number of rotatable bonds is 1. The van der Waals surface area contributed by atoms with Crippen LogP contribution in [0, 0.1) is 0 Å². The molecule has 1 aliphatic heterocycles. The fourth-order valence-corrected chi connectivity index (χ4v) is 1.27. The van der Waals surface area contributed by atoms with Crippen LogP contribution in [0.3, 0.4) is 0 Å². The Bertz CT molecular complexity index is 371. The molecule has 2 rings (SSSR count). The third kappa shape index (κ3) is 1.41. The van der Waals surface area contributed by atoms with Crippen LogP contribution in [-0.4, -0.2) is 13.2 Å². The summed E-state index contributed by atoms with van der Waals surface area (Å²) in [5.74, 6) is 2.77. The van der Waals surface area contributed by atoms with Gasteiger partial charge in [0.05, 0.1) is 7.11 Å². The van der Waals surface area contributed by atoms with Crippen molar-refractivity contribution in [2.75, 3.05) is 7.11 Å². The number of methoxy groups -OCH3 is 1. The molecular formula is C11H12O3. The lowest BCUT2D eigenvalue weighted by Crippen LogP contribution is -2.22. The van der Waals surface area contributed by atoms with Crippen molar-refractivity contribution in [3.8, 4) is 17.2 Å². The van der Waals surface area contributed by atoms with E-state index in [4.69, 9.17) is 14.2 Å². The van der Waals surface area contributed by atoms with Gasteiger partial charge in [0.15, 0.2) is 17.6 Å². The van der Waals surface area contributed by atoms with Crippen LogP contribution in [0.25, 0.3) is 0 Å². The van der Waals surface area contributed by atoms with Gasteiger partial charge in [-0.2, -0.15) is 0 Å². The van der Waals surface area contributed by atoms with Gasteiger partial charge >= 0.3 is 0 Å². The normalized spacial score (nSPS) is 19.3. The van der Waals surface area contributed by atoms with E-state index in [1.807, 2.05) is 19.1 Å². The first-order valence-electron chi connectivity index (χ1n) is 4.42. The van der Waals surface area contributed by atoms with Gasteiger partial charge in [-0.25, -0.2) is 0 Å². The average molecular weight is 192 g/mol. The van der Waals surface area contributed by atoms with E-state index in [9.17, 15) is 0 Å². The molecule has 1 aromatic carbocycles. The van der Waals surface area contributed by atoms with Gasteiger partial charge < -0.3 is 14.2 Å². The molecule has 0 N–H and O–H groups in total. The molecule has 0 amide bonds. The average Bonchev–Trinajstić information content (AvgIpc) is 2.19. The van der Waals surface area contributed by atoms with Crippen LogP contribution < -0.4 is 14.2 Å². The van der Waals surface area contributed by atoms with E-state index in [0.29, 0.717) is 17.3 Å². The molecule has 0 saturated carbocycles. The second kappa shape index (κ2) is 3.25. The minimum atomic E-state index is -0.116. The van der Waals surface area contributed by atoms with Crippen molar-refractivity contribution >= 4 is 0 Å². The first-order valence-corrected chi connectivity index (χ1v) is 4.42. The van der Waals surface area contributed by atoms with Crippen LogP contribution in [-0.2, 0) is 0 Å². The molecule has 0 aromatic heterocycles. The van der Waals surface area contributed by atoms with Crippen LogP contribution in [0.15, 0.2) is 30.5 Å². The zero-order valence-corrected chi connectivity index (χ0v) is 8.24. The van der Waals surface area contributed by atoms with Crippen LogP contribution >= 0.6 is 0 Å². The third-order valence-corrected chi connectivity index (χ3v) is 2.15. The molecule has 1 aromatic rings. The monoisotopic (exact) mass is 192 g/mol. The summed E-state index contributed by atoms with van der Waals surface area (Å²) < 4.78 is 16.1. The molecule has 0 spiro atoms. The van der Waals surface area contributed by atoms with Crippen molar-refractivity contribution in [1.29, 1.82) is 0 Å². The Morgan fingerprint density at radius 1 is 1.36 bits per heavy atom. The summed E-state index contributed by atoms with van der Waals surface area (Å²) in [7, 11) is 1.62. The summed E-state index contributed by atoms with van der Waals surface area (Å²) in [5, 5.41) is 0. The Balaban J connectivity index is 2.37. The van der Waals surface area contributed by atoms with Crippen LogP contribution in [0.2, 0.25) is 0 Å². The summed E-state index contributed by atoms with van der Waals surface area (Å²) in [6.07, 6.45) is -0.116. The zero-order valence-electron chi connectivity index (χ0n) is 8.24. The molecule has 0 saturated heterocycles. The van der Waals surface area contributed by atoms with Crippen molar-refractivity contribution in [2.45, 2.75) is 13.0 Å². The Morgan fingerprint density at radius 3 is 2.86 bits per heavy atom. The quantitative estimate of drug-likeness (QED) is 0.683. The molecule has 0 fully saturated rings. The van der Waals surface area contributed by atoms with E-state index in [1.54, 1.807) is 13.2 Å². The van der Waals surface area contributed by atoms with Gasteiger partial charge in [-0.05, 0) is 19.1 Å². The molecule has 3 nitrogen and oxygen atoms in total. The van der Waals surface area contributed by atoms with E-state index in [1.165, 1.54) is 0 Å². The maximum atomic E-state index is 5.58. The van der Waals surface area contributed by atoms with E-state index in [2.05, 4.69) is 6.58 Å². The third-order valence-electron chi connectivity index (χ3n) is 2.15. The van der Waals surface area contributed by atoms with Crippen LogP contribution in [0.4, 0.5) is 0 Å². The topological polar surface area (TPSA) is 27.7 Å². The summed E-state index contributed by atoms with van der Waals surface area (Å²) in [6.45, 7) is 5.65. The van der Waals surface area contributed by atoms with Gasteiger partial charge in [-0.3, -0.25) is 0 Å². The molecule has 0 aliphatic carbocycles. The maximum Gasteiger partial charge on any atom is 0.169 e. The first kappa shape index (κ1) is 8.94. The highest BCUT2D eigenvalue weighted by Crippen LogP contribution is 2.37. The van der Waals surface area contributed by atoms with Gasteiger partial charge in [0, 0.05) is 6.07 Å². The van der Waals surface area contributed by atoms with Gasteiger partial charge in [-0.15, -0.1) is 0 Å². The highest BCUT2D eigenvalue weighted by molar-refractivity contribution is 5.48. The van der Waals surface area contributed by atoms with Crippen molar-refractivity contribution in [3.05, 3.63) is 30.5 Å². The SMILES string of the molecule is C=C1Oc2ccc(OC)cc2OC1C. The fraction of sp³-hybridized carbons (Fsp3) is 0.273. The standard InChI is InChI=1S/C11H12O3/c1-7-8(2)14-11-6-9(12-3)4-5-10(11)13-7/h4-6,8H,1H2,2-3H3. The van der Waals surface area contributed by atoms with Gasteiger partial charge in [0.1, 0.15) is 11.5 Å². The fourth-order valence-electron chi connectivity index (χ4n) is 1.27. The lowest BCUT2D eigenvalue weighted by atomic mass is 10.2. The number of benzene rings is 1. The number of fused-ring (bicyclic) bond motifs is 1. The van der Waals surface area contributed by atoms with E-state index >= 15 is 0 Å². The lowest BCUT2D eigenvalue weighted by molar-refractivity contribution is 0.161. The van der Waals surface area contributed by atoms with Gasteiger partial charge in [-0.1, -0.05) is 6.58 Å². The Labute approximate surface area is 82.9 Å². The maximum absolute atomic E-state index is 5.58. The molecule has 0 bridgehead atoms. The minimum absolute atomic E-state index is 0.116. The highest BCUT2D eigenvalue weighted by atomic mass is 16.6. The van der Waals surface area contributed by atoms with Crippen LogP contribution in [0.1, 0.15) is 6.92 Å². The van der Waals surface area contributed by atoms with Crippen LogP contribution in [0.5, 0.6) is 17.2 Å². The van der Waals surface area contributed by atoms with Crippen molar-refractivity contribution in [2.24, 2.45) is 0 Å². The molecule has 0 radical (unpaired) electrons. The number of ether oxygens (including phenoxy) is 3. The molecule has 74 valence electrons. The number of hydrogen-bond donors (Lipinski definition) is 0. The zero-order chi connectivity index (χ0) is 10.1. The predicted octanol–water partition coefficient (Wildman–Crippen LogP) is 2.37. The van der Waals surface area contributed by atoms with Crippen molar-refractivity contribution in [3.63, 3.8) is 0 Å². The van der Waals surface area contributed by atoms with E-state index in [0.717, 1.165) is 5.75 Å². The predicted molar refractivity (Wildman–Crippen MR) is 52.9 cm³/mol. The van der Waals surface area contributed by atoms with Crippen molar-refractivity contribution < 1.29 is 14.2 Å². The summed E-state index contributed by atoms with van der Waals surface area (Å²) >= 11 is 0. The van der Waals surface area contributed by atoms with E-state index in [-0.39, 0.29) is 6.10 Å². The summed E-state index contributed by atoms with van der Waals surface area (Å²) in [5.41, 5.74) is 0. The Kier molecular flexibility index (Phi) is 2.08. The van der Waals surface area contributed by atoms with Crippen molar-refractivity contribution in [1.82, 2.24) is 0 Å². The largest absolute Gasteiger partial charge is 0.497 e. The molecule has 14 heavy (non-hydrogen) atoms. The van der Waals surface area contributed by atoms with E-state index < -0.39 is 0 Å². The Hall–Kier alpha value is -1.64. The minimum Gasteiger partial charge on any atom is -0.497 e. The van der Waals surface area contributed by atoms with Gasteiger partial charge in [0.2, 0.25) is 0 Å². The molecule has 1 unspecified atom stereocenters. The highest BCUT2D eigenvalue weighted by Gasteiger charge is 2.21. The smallest absolute Gasteiger partial charge is 0.169 e. The molecule has 1 heterocycles. The second-order valence-corrected chi connectivity index (χ2v) is 3.14. The number of hydrogen-bond acceptors (Lipinski definition) is 3. The summed E-state index contributed by atoms with van der Waals surface area (Å²) in [4.78, 5) is 0. The van der Waals surface area contributed by atoms with Gasteiger partial charge in [0.25, 0.3) is 0 Å². The molecule has 1 atom stereocenters. The molecule has 1 aliphatic rings. The second-order valence-electron chi connectivity index (χ2n) is 3.14. The molecular weight excluding hydrogens is 180 g/mol. The lowest BCUT2D eigenvalue weighted by Gasteiger charge is -2.25. The Morgan fingerprint density at radius 2 is 2.14 bits per heavy atom. The molecule has 3 heteroatoms. The first-order chi connectivity index (χ1) is 6.70. The summed E-state index contributed by atoms with van der Waals surface area (Å²) in [6, 6.07) is 5.44.